The van der Waals surface area contributed by atoms with Crippen molar-refractivity contribution in [3.05, 3.63) is 71.8 Å². The summed E-state index contributed by atoms with van der Waals surface area (Å²) in [5.41, 5.74) is 2.00. The van der Waals surface area contributed by atoms with Gasteiger partial charge in [-0.3, -0.25) is 0 Å². The van der Waals surface area contributed by atoms with Crippen molar-refractivity contribution in [3.8, 4) is 0 Å². The molecule has 0 bridgehead atoms. The van der Waals surface area contributed by atoms with E-state index in [2.05, 4.69) is 0 Å². The van der Waals surface area contributed by atoms with Gasteiger partial charge < -0.3 is 29.2 Å². The van der Waals surface area contributed by atoms with Crippen LogP contribution in [0, 0.1) is 0 Å². The molecule has 6 nitrogen and oxygen atoms in total. The second kappa shape index (κ2) is 10.3. The minimum absolute atomic E-state index is 0.232. The molecule has 1 aliphatic rings. The van der Waals surface area contributed by atoms with Crippen LogP contribution in [-0.4, -0.2) is 53.6 Å². The maximum Gasteiger partial charge on any atom is 0.164 e. The third-order valence-electron chi connectivity index (χ3n) is 4.87. The predicted octanol–water partition coefficient (Wildman–Crippen LogP) is 2.66. The van der Waals surface area contributed by atoms with Crippen LogP contribution < -0.4 is 0 Å². The van der Waals surface area contributed by atoms with Crippen LogP contribution in [0.1, 0.15) is 25.0 Å². The summed E-state index contributed by atoms with van der Waals surface area (Å²) in [5.74, 6) is -0.873. The van der Waals surface area contributed by atoms with Crippen LogP contribution in [0.25, 0.3) is 0 Å². The maximum absolute atomic E-state index is 9.95. The lowest BCUT2D eigenvalue weighted by molar-refractivity contribution is -0.170. The molecular weight excluding hydrogens is 372 g/mol. The molecule has 0 unspecified atom stereocenters. The van der Waals surface area contributed by atoms with E-state index in [0.717, 1.165) is 11.1 Å². The molecule has 0 spiro atoms. The van der Waals surface area contributed by atoms with Crippen LogP contribution >= 0.6 is 0 Å². The number of hydrogen-bond donors (Lipinski definition) is 2. The van der Waals surface area contributed by atoms with Crippen LogP contribution in [0.3, 0.4) is 0 Å². The van der Waals surface area contributed by atoms with E-state index < -0.39 is 30.2 Å². The summed E-state index contributed by atoms with van der Waals surface area (Å²) in [6.07, 6.45) is -2.38. The quantitative estimate of drug-likeness (QED) is 0.636. The zero-order valence-corrected chi connectivity index (χ0v) is 16.9. The predicted molar refractivity (Wildman–Crippen MR) is 108 cm³/mol. The summed E-state index contributed by atoms with van der Waals surface area (Å²) < 4.78 is 24.0. The van der Waals surface area contributed by atoms with E-state index in [0.29, 0.717) is 13.2 Å². The Balaban J connectivity index is 1.68. The van der Waals surface area contributed by atoms with Gasteiger partial charge in [0, 0.05) is 0 Å². The molecule has 2 N–H and O–H groups in total. The van der Waals surface area contributed by atoms with Crippen LogP contribution in [0.2, 0.25) is 0 Å². The Morgan fingerprint density at radius 3 is 1.48 bits per heavy atom. The van der Waals surface area contributed by atoms with Gasteiger partial charge in [-0.15, -0.1) is 0 Å². The molecule has 0 amide bonds. The Morgan fingerprint density at radius 1 is 0.759 bits per heavy atom. The second-order valence-electron chi connectivity index (χ2n) is 7.60. The lowest BCUT2D eigenvalue weighted by Crippen LogP contribution is -2.47. The minimum atomic E-state index is -0.873. The molecule has 158 valence electrons. The number of aliphatic hydroxyl groups excluding tert-OH is 2. The van der Waals surface area contributed by atoms with Crippen LogP contribution in [0.5, 0.6) is 0 Å². The van der Waals surface area contributed by atoms with Crippen molar-refractivity contribution in [2.24, 2.45) is 0 Å². The standard InChI is InChI=1S/C23H30O6/c1-23(2)28-21(19(13-24)26-15-17-9-5-3-6-10-17)22(29-23)20(14-25)27-16-18-11-7-4-8-12-18/h3-12,19-22,24-25H,13-16H2,1-2H3/t19-,20-,21+,22+/m1/s1. The summed E-state index contributed by atoms with van der Waals surface area (Å²) in [4.78, 5) is 0. The average Bonchev–Trinajstić information content (AvgIpc) is 3.06. The van der Waals surface area contributed by atoms with Crippen LogP contribution in [0.15, 0.2) is 60.7 Å². The highest BCUT2D eigenvalue weighted by molar-refractivity contribution is 5.14. The van der Waals surface area contributed by atoms with Gasteiger partial charge in [0.1, 0.15) is 24.4 Å². The monoisotopic (exact) mass is 402 g/mol. The van der Waals surface area contributed by atoms with Crippen molar-refractivity contribution in [3.63, 3.8) is 0 Å². The van der Waals surface area contributed by atoms with Crippen molar-refractivity contribution in [2.45, 2.75) is 57.3 Å². The Bertz CT molecular complexity index is 659. The van der Waals surface area contributed by atoms with E-state index in [1.54, 1.807) is 13.8 Å². The Kier molecular flexibility index (Phi) is 7.77. The second-order valence-corrected chi connectivity index (χ2v) is 7.60. The van der Waals surface area contributed by atoms with E-state index in [9.17, 15) is 10.2 Å². The zero-order chi connectivity index (χ0) is 20.7. The lowest BCUT2D eigenvalue weighted by atomic mass is 10.0. The van der Waals surface area contributed by atoms with Gasteiger partial charge >= 0.3 is 0 Å². The molecule has 1 saturated heterocycles. The van der Waals surface area contributed by atoms with Crippen molar-refractivity contribution in [2.75, 3.05) is 13.2 Å². The van der Waals surface area contributed by atoms with Crippen LogP contribution in [0.4, 0.5) is 0 Å². The molecular formula is C23H30O6. The van der Waals surface area contributed by atoms with Gasteiger partial charge in [0.15, 0.2) is 5.79 Å². The molecule has 3 rings (SSSR count). The van der Waals surface area contributed by atoms with E-state index >= 15 is 0 Å². The first-order valence-corrected chi connectivity index (χ1v) is 9.91. The van der Waals surface area contributed by atoms with Crippen LogP contribution in [-0.2, 0) is 32.2 Å². The first kappa shape index (κ1) is 21.9. The topological polar surface area (TPSA) is 77.4 Å². The Morgan fingerprint density at radius 2 is 1.14 bits per heavy atom. The molecule has 2 aromatic rings. The molecule has 6 heteroatoms. The van der Waals surface area contributed by atoms with Crippen molar-refractivity contribution in [1.82, 2.24) is 0 Å². The fourth-order valence-corrected chi connectivity index (χ4v) is 3.45. The summed E-state index contributed by atoms with van der Waals surface area (Å²) >= 11 is 0. The van der Waals surface area contributed by atoms with Crippen molar-refractivity contribution in [1.29, 1.82) is 0 Å². The Labute approximate surface area is 172 Å². The number of rotatable bonds is 10. The summed E-state index contributed by atoms with van der Waals surface area (Å²) in [6, 6.07) is 19.5. The first-order chi connectivity index (χ1) is 14.0. The maximum atomic E-state index is 9.95. The lowest BCUT2D eigenvalue weighted by Gasteiger charge is -2.29. The van der Waals surface area contributed by atoms with Gasteiger partial charge in [0.2, 0.25) is 0 Å². The number of ether oxygens (including phenoxy) is 4. The smallest absolute Gasteiger partial charge is 0.164 e. The molecule has 2 aromatic carbocycles. The fraction of sp³-hybridized carbons (Fsp3) is 0.478. The summed E-state index contributed by atoms with van der Waals surface area (Å²) in [6.45, 7) is 3.82. The third kappa shape index (κ3) is 6.09. The van der Waals surface area contributed by atoms with Gasteiger partial charge in [-0.05, 0) is 25.0 Å². The normalized spacial score (nSPS) is 23.0. The molecule has 0 radical (unpaired) electrons. The first-order valence-electron chi connectivity index (χ1n) is 9.91. The fourth-order valence-electron chi connectivity index (χ4n) is 3.45. The van der Waals surface area contributed by atoms with E-state index in [4.69, 9.17) is 18.9 Å². The minimum Gasteiger partial charge on any atom is -0.394 e. The third-order valence-corrected chi connectivity index (χ3v) is 4.87. The zero-order valence-electron chi connectivity index (χ0n) is 16.9. The van der Waals surface area contributed by atoms with E-state index in [-0.39, 0.29) is 13.2 Å². The molecule has 29 heavy (non-hydrogen) atoms. The van der Waals surface area contributed by atoms with Crippen molar-refractivity contribution >= 4 is 0 Å². The highest BCUT2D eigenvalue weighted by Crippen LogP contribution is 2.34. The molecule has 4 atom stereocenters. The SMILES string of the molecule is CC1(C)O[C@@H]([C@@H](CO)OCc2ccccc2)[C@H]([C@@H](CO)OCc2ccccc2)O1. The van der Waals surface area contributed by atoms with Gasteiger partial charge in [-0.1, -0.05) is 60.7 Å². The van der Waals surface area contributed by atoms with E-state index in [1.165, 1.54) is 0 Å². The van der Waals surface area contributed by atoms with Gasteiger partial charge in [0.25, 0.3) is 0 Å². The molecule has 0 saturated carbocycles. The summed E-state index contributed by atoms with van der Waals surface area (Å²) in [5, 5.41) is 19.9. The molecule has 0 aromatic heterocycles. The number of aliphatic hydroxyl groups is 2. The Hall–Kier alpha value is -1.80. The molecule has 0 aliphatic carbocycles. The molecule has 1 fully saturated rings. The number of benzene rings is 2. The number of hydrogen-bond acceptors (Lipinski definition) is 6. The highest BCUT2D eigenvalue weighted by atomic mass is 16.8. The van der Waals surface area contributed by atoms with E-state index in [1.807, 2.05) is 60.7 Å². The largest absolute Gasteiger partial charge is 0.394 e. The van der Waals surface area contributed by atoms with Gasteiger partial charge in [-0.25, -0.2) is 0 Å². The van der Waals surface area contributed by atoms with Gasteiger partial charge in [-0.2, -0.15) is 0 Å². The highest BCUT2D eigenvalue weighted by Gasteiger charge is 2.49. The molecule has 1 aliphatic heterocycles. The average molecular weight is 402 g/mol. The van der Waals surface area contributed by atoms with Crippen molar-refractivity contribution < 1.29 is 29.2 Å². The molecule has 1 heterocycles. The van der Waals surface area contributed by atoms with Gasteiger partial charge in [0.05, 0.1) is 26.4 Å². The summed E-state index contributed by atoms with van der Waals surface area (Å²) in [7, 11) is 0.